The molecule has 154 valence electrons. The third-order valence-electron chi connectivity index (χ3n) is 5.59. The molecule has 1 aliphatic rings. The Kier molecular flexibility index (Phi) is 6.56. The van der Waals surface area contributed by atoms with Gasteiger partial charge in [-0.2, -0.15) is 0 Å². The Hall–Kier alpha value is -2.67. The quantitative estimate of drug-likeness (QED) is 0.563. The Morgan fingerprint density at radius 3 is 2.55 bits per heavy atom. The molecular weight excluding hydrogens is 362 g/mol. The van der Waals surface area contributed by atoms with Crippen molar-refractivity contribution in [1.82, 2.24) is 24.4 Å². The van der Waals surface area contributed by atoms with E-state index in [0.717, 1.165) is 82.1 Å². The van der Waals surface area contributed by atoms with Crippen LogP contribution in [0.15, 0.2) is 43.0 Å². The molecule has 0 aliphatic carbocycles. The number of nitrogens with zero attached hydrogens (tertiary/aromatic N) is 6. The van der Waals surface area contributed by atoms with E-state index in [-0.39, 0.29) is 0 Å². The average Bonchev–Trinajstić information content (AvgIpc) is 3.19. The smallest absolute Gasteiger partial charge is 0.165 e. The molecule has 1 aromatic carbocycles. The predicted octanol–water partition coefficient (Wildman–Crippen LogP) is 3.25. The van der Waals surface area contributed by atoms with E-state index < -0.39 is 0 Å². The SMILES string of the molecule is CCCCNc1ncnc2c1ncn2CCCN1CCN(c2ccccc2)CC1. The highest BCUT2D eigenvalue weighted by Crippen LogP contribution is 2.18. The van der Waals surface area contributed by atoms with E-state index in [0.29, 0.717) is 0 Å². The molecule has 29 heavy (non-hydrogen) atoms. The van der Waals surface area contributed by atoms with Gasteiger partial charge in [-0.25, -0.2) is 15.0 Å². The fourth-order valence-electron chi connectivity index (χ4n) is 3.89. The van der Waals surface area contributed by atoms with Crippen molar-refractivity contribution >= 4 is 22.7 Å². The fourth-order valence-corrected chi connectivity index (χ4v) is 3.89. The lowest BCUT2D eigenvalue weighted by molar-refractivity contribution is 0.251. The molecule has 0 radical (unpaired) electrons. The highest BCUT2D eigenvalue weighted by molar-refractivity contribution is 5.82. The molecule has 3 heterocycles. The number of piperazine rings is 1. The minimum absolute atomic E-state index is 0.847. The molecule has 0 unspecified atom stereocenters. The Morgan fingerprint density at radius 1 is 0.931 bits per heavy atom. The Morgan fingerprint density at radius 2 is 1.76 bits per heavy atom. The van der Waals surface area contributed by atoms with Crippen LogP contribution in [0.1, 0.15) is 26.2 Å². The summed E-state index contributed by atoms with van der Waals surface area (Å²) in [5.74, 6) is 0.847. The zero-order valence-corrected chi connectivity index (χ0v) is 17.3. The zero-order valence-electron chi connectivity index (χ0n) is 17.3. The number of unbranched alkanes of at least 4 members (excludes halogenated alkanes) is 1. The number of imidazole rings is 1. The van der Waals surface area contributed by atoms with Crippen LogP contribution in [0.4, 0.5) is 11.5 Å². The Labute approximate surface area is 172 Å². The third-order valence-corrected chi connectivity index (χ3v) is 5.59. The highest BCUT2D eigenvalue weighted by atomic mass is 15.3. The van der Waals surface area contributed by atoms with Crippen LogP contribution < -0.4 is 10.2 Å². The number of aromatic nitrogens is 4. The first-order valence-electron chi connectivity index (χ1n) is 10.8. The molecule has 0 saturated carbocycles. The number of benzene rings is 1. The molecule has 7 nitrogen and oxygen atoms in total. The number of anilines is 2. The minimum Gasteiger partial charge on any atom is -0.369 e. The van der Waals surface area contributed by atoms with Crippen LogP contribution in [0.25, 0.3) is 11.2 Å². The van der Waals surface area contributed by atoms with Crippen molar-refractivity contribution in [2.75, 3.05) is 49.5 Å². The molecule has 0 amide bonds. The van der Waals surface area contributed by atoms with Gasteiger partial charge in [0.1, 0.15) is 11.8 Å². The summed E-state index contributed by atoms with van der Waals surface area (Å²) in [6.07, 6.45) is 6.92. The van der Waals surface area contributed by atoms with Crippen molar-refractivity contribution in [3.05, 3.63) is 43.0 Å². The van der Waals surface area contributed by atoms with Crippen LogP contribution in [0, 0.1) is 0 Å². The molecule has 4 rings (SSSR count). The van der Waals surface area contributed by atoms with Crippen molar-refractivity contribution in [2.24, 2.45) is 0 Å². The van der Waals surface area contributed by atoms with Crippen molar-refractivity contribution in [1.29, 1.82) is 0 Å². The maximum atomic E-state index is 4.56. The summed E-state index contributed by atoms with van der Waals surface area (Å²) >= 11 is 0. The molecule has 2 aromatic heterocycles. The molecule has 1 aliphatic heterocycles. The summed E-state index contributed by atoms with van der Waals surface area (Å²) in [4.78, 5) is 18.4. The van der Waals surface area contributed by atoms with Gasteiger partial charge in [-0.15, -0.1) is 0 Å². The number of aryl methyl sites for hydroxylation is 1. The largest absolute Gasteiger partial charge is 0.369 e. The van der Waals surface area contributed by atoms with Crippen LogP contribution >= 0.6 is 0 Å². The molecule has 1 N–H and O–H groups in total. The van der Waals surface area contributed by atoms with E-state index in [4.69, 9.17) is 0 Å². The first kappa shape index (κ1) is 19.6. The number of para-hydroxylation sites is 1. The van der Waals surface area contributed by atoms with Crippen molar-refractivity contribution in [2.45, 2.75) is 32.7 Å². The summed E-state index contributed by atoms with van der Waals surface area (Å²) in [6, 6.07) is 10.7. The van der Waals surface area contributed by atoms with E-state index in [9.17, 15) is 0 Å². The van der Waals surface area contributed by atoms with E-state index in [1.165, 1.54) is 5.69 Å². The lowest BCUT2D eigenvalue weighted by atomic mass is 10.2. The van der Waals surface area contributed by atoms with Crippen molar-refractivity contribution in [3.63, 3.8) is 0 Å². The average molecular weight is 394 g/mol. The van der Waals surface area contributed by atoms with Crippen LogP contribution in [0.5, 0.6) is 0 Å². The van der Waals surface area contributed by atoms with Crippen LogP contribution in [0.2, 0.25) is 0 Å². The van der Waals surface area contributed by atoms with E-state index in [1.807, 2.05) is 6.33 Å². The Bertz CT molecular complexity index is 885. The van der Waals surface area contributed by atoms with Crippen molar-refractivity contribution in [3.8, 4) is 0 Å². The van der Waals surface area contributed by atoms with Crippen LogP contribution in [-0.2, 0) is 6.54 Å². The molecular formula is C22H31N7. The zero-order chi connectivity index (χ0) is 19.9. The molecule has 0 bridgehead atoms. The number of rotatable bonds is 9. The van der Waals surface area contributed by atoms with Crippen LogP contribution in [-0.4, -0.2) is 63.7 Å². The van der Waals surface area contributed by atoms with Gasteiger partial charge in [0.15, 0.2) is 11.5 Å². The van der Waals surface area contributed by atoms with Gasteiger partial charge < -0.3 is 14.8 Å². The highest BCUT2D eigenvalue weighted by Gasteiger charge is 2.17. The molecule has 0 atom stereocenters. The number of nitrogens with one attached hydrogen (secondary N) is 1. The normalized spacial score (nSPS) is 15.1. The van der Waals surface area contributed by atoms with Gasteiger partial charge >= 0.3 is 0 Å². The fraction of sp³-hybridized carbons (Fsp3) is 0.500. The van der Waals surface area contributed by atoms with Gasteiger partial charge in [-0.3, -0.25) is 4.90 Å². The summed E-state index contributed by atoms with van der Waals surface area (Å²) in [7, 11) is 0. The Balaban J connectivity index is 1.27. The summed E-state index contributed by atoms with van der Waals surface area (Å²) in [6.45, 7) is 9.57. The number of hydrogen-bond donors (Lipinski definition) is 1. The van der Waals surface area contributed by atoms with E-state index in [2.05, 4.69) is 71.9 Å². The van der Waals surface area contributed by atoms with Crippen molar-refractivity contribution < 1.29 is 0 Å². The predicted molar refractivity (Wildman–Crippen MR) is 118 cm³/mol. The first-order valence-corrected chi connectivity index (χ1v) is 10.8. The number of fused-ring (bicyclic) bond motifs is 1. The second-order valence-corrected chi connectivity index (χ2v) is 7.63. The second-order valence-electron chi connectivity index (χ2n) is 7.63. The van der Waals surface area contributed by atoms with Gasteiger partial charge in [0.2, 0.25) is 0 Å². The lowest BCUT2D eigenvalue weighted by Crippen LogP contribution is -2.46. The van der Waals surface area contributed by atoms with E-state index >= 15 is 0 Å². The molecule has 0 spiro atoms. The topological polar surface area (TPSA) is 62.1 Å². The summed E-state index contributed by atoms with van der Waals surface area (Å²) in [5, 5.41) is 3.39. The summed E-state index contributed by atoms with van der Waals surface area (Å²) in [5.41, 5.74) is 3.13. The van der Waals surface area contributed by atoms with E-state index in [1.54, 1.807) is 6.33 Å². The van der Waals surface area contributed by atoms with Gasteiger partial charge in [0.25, 0.3) is 0 Å². The standard InChI is InChI=1S/C22H31N7/c1-2-3-10-23-21-20-22(25-17-24-21)29(18-26-20)12-7-11-27-13-15-28(16-14-27)19-8-5-4-6-9-19/h4-6,8-9,17-18H,2-3,7,10-16H2,1H3,(H,23,24,25). The summed E-state index contributed by atoms with van der Waals surface area (Å²) < 4.78 is 2.15. The maximum absolute atomic E-state index is 4.56. The molecule has 1 fully saturated rings. The van der Waals surface area contributed by atoms with Crippen LogP contribution in [0.3, 0.4) is 0 Å². The van der Waals surface area contributed by atoms with Gasteiger partial charge in [0, 0.05) is 45.0 Å². The molecule has 3 aromatic rings. The van der Waals surface area contributed by atoms with Gasteiger partial charge in [0.05, 0.1) is 6.33 Å². The number of hydrogen-bond acceptors (Lipinski definition) is 6. The molecule has 7 heteroatoms. The second kappa shape index (κ2) is 9.69. The molecule has 1 saturated heterocycles. The maximum Gasteiger partial charge on any atom is 0.165 e. The third kappa shape index (κ3) is 4.85. The lowest BCUT2D eigenvalue weighted by Gasteiger charge is -2.36. The first-order chi connectivity index (χ1) is 14.3. The van der Waals surface area contributed by atoms with Gasteiger partial charge in [-0.1, -0.05) is 31.5 Å². The van der Waals surface area contributed by atoms with Gasteiger partial charge in [-0.05, 0) is 31.5 Å². The minimum atomic E-state index is 0.847. The monoisotopic (exact) mass is 393 g/mol.